The summed E-state index contributed by atoms with van der Waals surface area (Å²) in [7, 11) is 3.90. The Labute approximate surface area is 122 Å². The van der Waals surface area contributed by atoms with E-state index in [0.717, 1.165) is 29.7 Å². The molecule has 1 aromatic rings. The number of halogens is 1. The van der Waals surface area contributed by atoms with Crippen molar-refractivity contribution in [2.24, 2.45) is 0 Å². The normalized spacial score (nSPS) is 21.5. The van der Waals surface area contributed by atoms with Crippen LogP contribution in [0.2, 0.25) is 0 Å². The summed E-state index contributed by atoms with van der Waals surface area (Å²) in [4.78, 5) is 16.8. The first kappa shape index (κ1) is 14.5. The maximum Gasteiger partial charge on any atom is 0.245 e. The smallest absolute Gasteiger partial charge is 0.245 e. The van der Waals surface area contributed by atoms with E-state index < -0.39 is 0 Å². The Morgan fingerprint density at radius 1 is 1.37 bits per heavy atom. The Balaban J connectivity index is 2.30. The summed E-state index contributed by atoms with van der Waals surface area (Å²) in [6, 6.07) is 7.80. The maximum atomic E-state index is 12.7. The number of hydrogen-bond donors (Lipinski definition) is 1. The van der Waals surface area contributed by atoms with Gasteiger partial charge in [0.05, 0.1) is 5.69 Å². The molecule has 0 saturated carbocycles. The highest BCUT2D eigenvalue weighted by Gasteiger charge is 2.31. The zero-order valence-corrected chi connectivity index (χ0v) is 13.0. The number of carbonyl (C=O) groups is 1. The van der Waals surface area contributed by atoms with Crippen molar-refractivity contribution < 1.29 is 4.79 Å². The van der Waals surface area contributed by atoms with Crippen molar-refractivity contribution >= 4 is 27.5 Å². The molecular weight excluding hydrogens is 306 g/mol. The van der Waals surface area contributed by atoms with E-state index >= 15 is 0 Å². The minimum atomic E-state index is -0.0976. The molecule has 1 aliphatic heterocycles. The van der Waals surface area contributed by atoms with Crippen molar-refractivity contribution in [3.8, 4) is 0 Å². The Kier molecular flexibility index (Phi) is 4.96. The molecular formula is C14H20BrN3O. The molecule has 1 aromatic carbocycles. The van der Waals surface area contributed by atoms with E-state index in [-0.39, 0.29) is 11.9 Å². The molecule has 2 rings (SSSR count). The number of hydrogen-bond acceptors (Lipinski definition) is 3. The predicted octanol–water partition coefficient (Wildman–Crippen LogP) is 1.71. The van der Waals surface area contributed by atoms with Gasteiger partial charge in [-0.2, -0.15) is 0 Å². The third-order valence-corrected chi connectivity index (χ3v) is 4.19. The van der Waals surface area contributed by atoms with Crippen molar-refractivity contribution in [2.75, 3.05) is 38.6 Å². The number of likely N-dealkylation sites (N-methyl/N-ethyl adjacent to an activating group) is 2. The molecule has 104 valence electrons. The molecule has 0 radical (unpaired) electrons. The number of nitrogens with zero attached hydrogens (tertiary/aromatic N) is 2. The largest absolute Gasteiger partial charge is 0.318 e. The van der Waals surface area contributed by atoms with E-state index in [4.69, 9.17) is 0 Å². The minimum absolute atomic E-state index is 0.0976. The summed E-state index contributed by atoms with van der Waals surface area (Å²) in [5.74, 6) is 0.168. The summed E-state index contributed by atoms with van der Waals surface area (Å²) in [5, 5.41) is 3.11. The van der Waals surface area contributed by atoms with Gasteiger partial charge < -0.3 is 10.2 Å². The second-order valence-electron chi connectivity index (χ2n) is 4.85. The van der Waals surface area contributed by atoms with Crippen LogP contribution in [0.15, 0.2) is 28.7 Å². The topological polar surface area (TPSA) is 35.6 Å². The predicted molar refractivity (Wildman–Crippen MR) is 81.5 cm³/mol. The van der Waals surface area contributed by atoms with Crippen molar-refractivity contribution in [3.05, 3.63) is 28.7 Å². The van der Waals surface area contributed by atoms with Crippen LogP contribution in [0.1, 0.15) is 6.42 Å². The van der Waals surface area contributed by atoms with Crippen LogP contribution in [0, 0.1) is 0 Å². The summed E-state index contributed by atoms with van der Waals surface area (Å²) in [5.41, 5.74) is 0.962. The van der Waals surface area contributed by atoms with Crippen molar-refractivity contribution in [2.45, 2.75) is 12.5 Å². The molecule has 0 aliphatic carbocycles. The van der Waals surface area contributed by atoms with Crippen LogP contribution < -0.4 is 10.2 Å². The van der Waals surface area contributed by atoms with E-state index in [0.29, 0.717) is 6.54 Å². The number of amides is 1. The molecule has 4 nitrogen and oxygen atoms in total. The van der Waals surface area contributed by atoms with Gasteiger partial charge in [-0.25, -0.2) is 0 Å². The fourth-order valence-electron chi connectivity index (χ4n) is 2.46. The maximum absolute atomic E-state index is 12.7. The van der Waals surface area contributed by atoms with Crippen LogP contribution in [0.5, 0.6) is 0 Å². The summed E-state index contributed by atoms with van der Waals surface area (Å²) >= 11 is 3.54. The molecule has 1 aliphatic rings. The van der Waals surface area contributed by atoms with Gasteiger partial charge in [-0.05, 0) is 48.6 Å². The molecule has 19 heavy (non-hydrogen) atoms. The average Bonchev–Trinajstić information content (AvgIpc) is 2.53. The first-order chi connectivity index (χ1) is 9.15. The van der Waals surface area contributed by atoms with Gasteiger partial charge in [-0.3, -0.25) is 9.69 Å². The number of anilines is 1. The van der Waals surface area contributed by atoms with Gasteiger partial charge in [0.2, 0.25) is 5.91 Å². The second-order valence-corrected chi connectivity index (χ2v) is 5.70. The molecule has 0 spiro atoms. The van der Waals surface area contributed by atoms with Gasteiger partial charge in [0.1, 0.15) is 6.04 Å². The van der Waals surface area contributed by atoms with Gasteiger partial charge in [0.15, 0.2) is 0 Å². The number of benzene rings is 1. The van der Waals surface area contributed by atoms with Crippen molar-refractivity contribution in [3.63, 3.8) is 0 Å². The number of para-hydroxylation sites is 1. The lowest BCUT2D eigenvalue weighted by Gasteiger charge is -2.28. The lowest BCUT2D eigenvalue weighted by atomic mass is 10.2. The Morgan fingerprint density at radius 3 is 2.79 bits per heavy atom. The van der Waals surface area contributed by atoms with Crippen molar-refractivity contribution in [1.82, 2.24) is 10.2 Å². The van der Waals surface area contributed by atoms with Crippen LogP contribution in [0.4, 0.5) is 5.69 Å². The minimum Gasteiger partial charge on any atom is -0.318 e. The van der Waals surface area contributed by atoms with Crippen LogP contribution in [0.25, 0.3) is 0 Å². The zero-order valence-electron chi connectivity index (χ0n) is 11.4. The number of carbonyl (C=O) groups excluding carboxylic acids is 1. The average molecular weight is 326 g/mol. The summed E-state index contributed by atoms with van der Waals surface area (Å²) < 4.78 is 0.969. The monoisotopic (exact) mass is 325 g/mol. The van der Waals surface area contributed by atoms with E-state index in [1.54, 1.807) is 0 Å². The molecule has 1 saturated heterocycles. The molecule has 1 atom stereocenters. The van der Waals surface area contributed by atoms with Gasteiger partial charge in [-0.1, -0.05) is 12.1 Å². The summed E-state index contributed by atoms with van der Waals surface area (Å²) in [6.07, 6.45) is 0.990. The first-order valence-electron chi connectivity index (χ1n) is 6.56. The molecule has 1 N–H and O–H groups in total. The van der Waals surface area contributed by atoms with Gasteiger partial charge in [0.25, 0.3) is 0 Å². The quantitative estimate of drug-likeness (QED) is 0.918. The molecule has 1 amide bonds. The van der Waals surface area contributed by atoms with Crippen LogP contribution >= 0.6 is 15.9 Å². The molecule has 0 bridgehead atoms. The molecule has 1 fully saturated rings. The van der Waals surface area contributed by atoms with E-state index in [9.17, 15) is 4.79 Å². The van der Waals surface area contributed by atoms with E-state index in [1.165, 1.54) is 0 Å². The Bertz CT molecular complexity index is 452. The highest BCUT2D eigenvalue weighted by Crippen LogP contribution is 2.27. The zero-order chi connectivity index (χ0) is 13.8. The fraction of sp³-hybridized carbons (Fsp3) is 0.500. The van der Waals surface area contributed by atoms with E-state index in [2.05, 4.69) is 26.1 Å². The lowest BCUT2D eigenvalue weighted by Crippen LogP contribution is -2.49. The SMILES string of the molecule is CNCC1C(=O)N(c2ccccc2Br)CCCN1C. The first-order valence-corrected chi connectivity index (χ1v) is 7.35. The standard InChI is InChI=1S/C14H20BrN3O/c1-16-10-13-14(19)18(9-5-8-17(13)2)12-7-4-3-6-11(12)15/h3-4,6-7,13,16H,5,8-10H2,1-2H3. The van der Waals surface area contributed by atoms with Crippen LogP contribution in [-0.2, 0) is 4.79 Å². The number of nitrogens with one attached hydrogen (secondary N) is 1. The third-order valence-electron chi connectivity index (χ3n) is 3.52. The highest BCUT2D eigenvalue weighted by molar-refractivity contribution is 9.10. The Hall–Kier alpha value is -0.910. The van der Waals surface area contributed by atoms with Crippen molar-refractivity contribution in [1.29, 1.82) is 0 Å². The number of rotatable bonds is 3. The highest BCUT2D eigenvalue weighted by atomic mass is 79.9. The van der Waals surface area contributed by atoms with Crippen LogP contribution in [-0.4, -0.2) is 50.6 Å². The molecule has 1 heterocycles. The van der Waals surface area contributed by atoms with Gasteiger partial charge in [-0.15, -0.1) is 0 Å². The van der Waals surface area contributed by atoms with Crippen LogP contribution in [0.3, 0.4) is 0 Å². The molecule has 5 heteroatoms. The molecule has 0 aromatic heterocycles. The second kappa shape index (κ2) is 6.50. The van der Waals surface area contributed by atoms with Gasteiger partial charge >= 0.3 is 0 Å². The van der Waals surface area contributed by atoms with Gasteiger partial charge in [0, 0.05) is 24.1 Å². The Morgan fingerprint density at radius 2 is 2.11 bits per heavy atom. The third kappa shape index (κ3) is 3.16. The van der Waals surface area contributed by atoms with E-state index in [1.807, 2.05) is 43.3 Å². The summed E-state index contributed by atoms with van der Waals surface area (Å²) in [6.45, 7) is 2.39. The fourth-order valence-corrected chi connectivity index (χ4v) is 2.96. The lowest BCUT2D eigenvalue weighted by molar-refractivity contribution is -0.122. The molecule has 1 unspecified atom stereocenters.